The summed E-state index contributed by atoms with van der Waals surface area (Å²) in [7, 11) is 0. The maximum atomic E-state index is 12.1. The normalized spacial score (nSPS) is 15.5. The molecule has 1 unspecified atom stereocenters. The molecule has 8 nitrogen and oxygen atoms in total. The second-order valence-electron chi connectivity index (χ2n) is 5.01. The molecule has 1 fully saturated rings. The van der Waals surface area contributed by atoms with E-state index in [-0.39, 0.29) is 17.1 Å². The van der Waals surface area contributed by atoms with Crippen LogP contribution in [-0.2, 0) is 0 Å². The second-order valence-corrected chi connectivity index (χ2v) is 5.01. The van der Waals surface area contributed by atoms with Crippen LogP contribution in [0.2, 0.25) is 0 Å². The summed E-state index contributed by atoms with van der Waals surface area (Å²) in [5, 5.41) is 13.5. The predicted octanol–water partition coefficient (Wildman–Crippen LogP) is 1.05. The van der Waals surface area contributed by atoms with Crippen molar-refractivity contribution < 1.29 is 9.72 Å². The lowest BCUT2D eigenvalue weighted by molar-refractivity contribution is -0.389. The molecule has 108 valence electrons. The summed E-state index contributed by atoms with van der Waals surface area (Å²) in [4.78, 5) is 25.7. The van der Waals surface area contributed by atoms with E-state index in [0.29, 0.717) is 18.4 Å². The van der Waals surface area contributed by atoms with Crippen molar-refractivity contribution >= 4 is 17.4 Å². The fourth-order valence-corrected chi connectivity index (χ4v) is 2.03. The van der Waals surface area contributed by atoms with Crippen LogP contribution in [0.15, 0.2) is 12.3 Å². The number of nitrogens with zero attached hydrogens (tertiary/aromatic N) is 2. The fourth-order valence-electron chi connectivity index (χ4n) is 2.03. The highest BCUT2D eigenvalue weighted by Gasteiger charge is 2.28. The van der Waals surface area contributed by atoms with Gasteiger partial charge in [0.1, 0.15) is 5.69 Å². The summed E-state index contributed by atoms with van der Waals surface area (Å²) in [6, 6.07) is 1.12. The Kier molecular flexibility index (Phi) is 4.14. The summed E-state index contributed by atoms with van der Waals surface area (Å²) >= 11 is 0. The number of pyridine rings is 1. The molecule has 2 rings (SSSR count). The highest BCUT2D eigenvalue weighted by atomic mass is 16.6. The smallest absolute Gasteiger partial charge is 0.358 e. The van der Waals surface area contributed by atoms with Gasteiger partial charge in [-0.05, 0) is 34.6 Å². The van der Waals surface area contributed by atoms with Crippen LogP contribution >= 0.6 is 0 Å². The number of nitrogens with two attached hydrogens (primary N) is 1. The predicted molar refractivity (Wildman–Crippen MR) is 72.9 cm³/mol. The molecule has 1 atom stereocenters. The Hall–Kier alpha value is -2.22. The molecule has 4 N–H and O–H groups in total. The van der Waals surface area contributed by atoms with Gasteiger partial charge in [-0.25, -0.2) is 0 Å². The molecule has 1 heterocycles. The molecule has 0 spiro atoms. The molecule has 0 bridgehead atoms. The zero-order valence-electron chi connectivity index (χ0n) is 11.1. The van der Waals surface area contributed by atoms with Crippen molar-refractivity contribution in [2.45, 2.75) is 19.8 Å². The van der Waals surface area contributed by atoms with Gasteiger partial charge in [0.15, 0.2) is 6.20 Å². The van der Waals surface area contributed by atoms with E-state index in [1.165, 1.54) is 19.0 Å². The van der Waals surface area contributed by atoms with Gasteiger partial charge < -0.3 is 20.9 Å². The second kappa shape index (κ2) is 5.83. The van der Waals surface area contributed by atoms with Gasteiger partial charge in [0.25, 0.3) is 5.91 Å². The van der Waals surface area contributed by atoms with Crippen LogP contribution in [0.5, 0.6) is 0 Å². The molecule has 1 saturated carbocycles. The van der Waals surface area contributed by atoms with Gasteiger partial charge in [0.05, 0.1) is 11.6 Å². The summed E-state index contributed by atoms with van der Waals surface area (Å²) in [6.07, 6.45) is 3.58. The molecule has 0 aromatic carbocycles. The summed E-state index contributed by atoms with van der Waals surface area (Å²) < 4.78 is 0. The van der Waals surface area contributed by atoms with Gasteiger partial charge in [-0.2, -0.15) is 0 Å². The molecule has 20 heavy (non-hydrogen) atoms. The zero-order chi connectivity index (χ0) is 14.7. The highest BCUT2D eigenvalue weighted by Crippen LogP contribution is 2.36. The van der Waals surface area contributed by atoms with E-state index in [0.717, 1.165) is 6.07 Å². The Morgan fingerprint density at radius 2 is 2.35 bits per heavy atom. The van der Waals surface area contributed by atoms with Gasteiger partial charge in [-0.15, -0.1) is 0 Å². The summed E-state index contributed by atoms with van der Waals surface area (Å²) in [6.45, 7) is 2.62. The third-order valence-corrected chi connectivity index (χ3v) is 3.49. The third-order valence-electron chi connectivity index (χ3n) is 3.49. The molecular formula is C12H17N5O3. The molecule has 0 aliphatic heterocycles. The van der Waals surface area contributed by atoms with E-state index in [2.05, 4.69) is 22.7 Å². The van der Waals surface area contributed by atoms with Crippen molar-refractivity contribution in [3.8, 4) is 0 Å². The molecule has 1 amide bonds. The van der Waals surface area contributed by atoms with Crippen molar-refractivity contribution in [2.75, 3.05) is 12.0 Å². The van der Waals surface area contributed by atoms with E-state index in [9.17, 15) is 14.9 Å². The SMILES string of the molecule is CC(CNC(=O)c1cc([N+](=O)[O-])ncc1NN)C1CC1. The van der Waals surface area contributed by atoms with Gasteiger partial charge >= 0.3 is 5.82 Å². The number of anilines is 1. The molecule has 1 aliphatic carbocycles. The standard InChI is InChI=1S/C12H17N5O3/c1-7(8-2-3-8)5-15-12(18)9-4-11(17(19)20)14-6-10(9)16-13/h4,6-8,16H,2-3,5,13H2,1H3,(H,15,18). The average molecular weight is 279 g/mol. The van der Waals surface area contributed by atoms with Gasteiger partial charge in [0.2, 0.25) is 0 Å². The Bertz CT molecular complexity index is 530. The summed E-state index contributed by atoms with van der Waals surface area (Å²) in [5.74, 6) is 5.59. The molecule has 1 aromatic rings. The van der Waals surface area contributed by atoms with Crippen LogP contribution in [-0.4, -0.2) is 22.4 Å². The number of hydrogen-bond acceptors (Lipinski definition) is 6. The molecule has 1 aliphatic rings. The van der Waals surface area contributed by atoms with Crippen molar-refractivity contribution in [3.63, 3.8) is 0 Å². The van der Waals surface area contributed by atoms with E-state index in [1.54, 1.807) is 0 Å². The first-order valence-corrected chi connectivity index (χ1v) is 6.42. The van der Waals surface area contributed by atoms with E-state index in [1.807, 2.05) is 0 Å². The highest BCUT2D eigenvalue weighted by molar-refractivity contribution is 5.99. The Morgan fingerprint density at radius 3 is 2.90 bits per heavy atom. The van der Waals surface area contributed by atoms with Gasteiger partial charge in [0, 0.05) is 6.54 Å². The lowest BCUT2D eigenvalue weighted by atomic mass is 10.1. The van der Waals surface area contributed by atoms with E-state index < -0.39 is 10.8 Å². The first-order valence-electron chi connectivity index (χ1n) is 6.42. The number of carbonyl (C=O) groups is 1. The Morgan fingerprint density at radius 1 is 1.65 bits per heavy atom. The van der Waals surface area contributed by atoms with Crippen LogP contribution in [0.1, 0.15) is 30.1 Å². The molecular weight excluding hydrogens is 262 g/mol. The van der Waals surface area contributed by atoms with Crippen molar-refractivity contribution in [2.24, 2.45) is 17.7 Å². The van der Waals surface area contributed by atoms with Crippen molar-refractivity contribution in [3.05, 3.63) is 27.9 Å². The minimum Gasteiger partial charge on any atom is -0.358 e. The maximum Gasteiger partial charge on any atom is 0.364 e. The zero-order valence-corrected chi connectivity index (χ0v) is 11.1. The summed E-state index contributed by atoms with van der Waals surface area (Å²) in [5.41, 5.74) is 2.70. The van der Waals surface area contributed by atoms with Crippen LogP contribution in [0.3, 0.4) is 0 Å². The number of nitrogens with one attached hydrogen (secondary N) is 2. The molecule has 0 radical (unpaired) electrons. The quantitative estimate of drug-likeness (QED) is 0.406. The number of aromatic nitrogens is 1. The third kappa shape index (κ3) is 3.21. The minimum atomic E-state index is -0.649. The Balaban J connectivity index is 2.09. The maximum absolute atomic E-state index is 12.1. The van der Waals surface area contributed by atoms with Crippen molar-refractivity contribution in [1.82, 2.24) is 10.3 Å². The number of rotatable bonds is 6. The average Bonchev–Trinajstić information content (AvgIpc) is 3.28. The van der Waals surface area contributed by atoms with Crippen LogP contribution in [0.4, 0.5) is 11.5 Å². The number of nitro groups is 1. The van der Waals surface area contributed by atoms with Crippen LogP contribution < -0.4 is 16.6 Å². The van der Waals surface area contributed by atoms with Gasteiger partial charge in [-0.1, -0.05) is 6.92 Å². The minimum absolute atomic E-state index is 0.122. The molecule has 8 heteroatoms. The first-order chi connectivity index (χ1) is 9.52. The number of carbonyl (C=O) groups excluding carboxylic acids is 1. The number of hydrazine groups is 1. The first kappa shape index (κ1) is 14.2. The van der Waals surface area contributed by atoms with Crippen LogP contribution in [0.25, 0.3) is 0 Å². The number of hydrogen-bond donors (Lipinski definition) is 3. The number of nitrogen functional groups attached to an aromatic ring is 1. The topological polar surface area (TPSA) is 123 Å². The Labute approximate surface area is 115 Å². The molecule has 0 saturated heterocycles. The fraction of sp³-hybridized carbons (Fsp3) is 0.500. The lowest BCUT2D eigenvalue weighted by Gasteiger charge is -2.12. The van der Waals surface area contributed by atoms with Gasteiger partial charge in [-0.3, -0.25) is 10.6 Å². The lowest BCUT2D eigenvalue weighted by Crippen LogP contribution is -2.30. The monoisotopic (exact) mass is 279 g/mol. The largest absolute Gasteiger partial charge is 0.364 e. The van der Waals surface area contributed by atoms with E-state index in [4.69, 9.17) is 5.84 Å². The van der Waals surface area contributed by atoms with Crippen LogP contribution in [0, 0.1) is 22.0 Å². The van der Waals surface area contributed by atoms with Crippen molar-refractivity contribution in [1.29, 1.82) is 0 Å². The molecule has 1 aromatic heterocycles. The number of amides is 1. The van der Waals surface area contributed by atoms with E-state index >= 15 is 0 Å².